The molecule has 0 amide bonds. The molecule has 0 aromatic carbocycles. The molecule has 2 aliphatic heterocycles. The standard InChI is InChI=1S/C13H20Cl2O3S/c1-5-6-11-7-19(16,17)9-12(11,18-9)13(14,15)8(2)10(11,3)4/h8-9H,5-7H2,1-4H3/t8?,9-,11+,12?/m1/s1. The Kier molecular flexibility index (Phi) is 2.62. The first-order valence-electron chi connectivity index (χ1n) is 6.78. The summed E-state index contributed by atoms with van der Waals surface area (Å²) in [5, 5.41) is 0. The van der Waals surface area contributed by atoms with Crippen molar-refractivity contribution in [3.05, 3.63) is 0 Å². The van der Waals surface area contributed by atoms with Crippen molar-refractivity contribution in [2.75, 3.05) is 5.75 Å². The maximum atomic E-state index is 12.3. The minimum atomic E-state index is -3.26. The summed E-state index contributed by atoms with van der Waals surface area (Å²) < 4.78 is 29.2. The van der Waals surface area contributed by atoms with Crippen LogP contribution in [0.3, 0.4) is 0 Å². The summed E-state index contributed by atoms with van der Waals surface area (Å²) in [6, 6.07) is 0. The highest BCUT2D eigenvalue weighted by Crippen LogP contribution is 2.82. The predicted octanol–water partition coefficient (Wildman–Crippen LogP) is 3.15. The second-order valence-corrected chi connectivity index (χ2v) is 10.3. The van der Waals surface area contributed by atoms with E-state index < -0.39 is 30.6 Å². The van der Waals surface area contributed by atoms with Crippen molar-refractivity contribution in [2.45, 2.75) is 55.9 Å². The zero-order valence-corrected chi connectivity index (χ0v) is 14.0. The van der Waals surface area contributed by atoms with E-state index in [2.05, 4.69) is 20.8 Å². The highest BCUT2D eigenvalue weighted by Gasteiger charge is 2.94. The topological polar surface area (TPSA) is 46.7 Å². The van der Waals surface area contributed by atoms with Crippen LogP contribution < -0.4 is 0 Å². The van der Waals surface area contributed by atoms with E-state index in [9.17, 15) is 8.42 Å². The van der Waals surface area contributed by atoms with Crippen LogP contribution in [0.4, 0.5) is 0 Å². The van der Waals surface area contributed by atoms with Crippen LogP contribution in [-0.2, 0) is 14.6 Å². The van der Waals surface area contributed by atoms with E-state index in [-0.39, 0.29) is 17.1 Å². The first kappa shape index (κ1) is 14.4. The number of rotatable bonds is 2. The summed E-state index contributed by atoms with van der Waals surface area (Å²) >= 11 is 13.2. The number of alkyl halides is 2. The third-order valence-electron chi connectivity index (χ3n) is 6.08. The molecule has 0 aromatic rings. The Morgan fingerprint density at radius 2 is 1.89 bits per heavy atom. The van der Waals surface area contributed by atoms with Crippen molar-refractivity contribution in [1.29, 1.82) is 0 Å². The summed E-state index contributed by atoms with van der Waals surface area (Å²) in [7, 11) is -3.26. The van der Waals surface area contributed by atoms with E-state index in [0.29, 0.717) is 0 Å². The van der Waals surface area contributed by atoms with Gasteiger partial charge in [-0.3, -0.25) is 0 Å². The van der Waals surface area contributed by atoms with Gasteiger partial charge in [-0.1, -0.05) is 57.3 Å². The van der Waals surface area contributed by atoms with Gasteiger partial charge < -0.3 is 4.74 Å². The molecule has 19 heavy (non-hydrogen) atoms. The SMILES string of the molecule is CCC[C@@]12CS(=O)(=O)[C@H]3OC31C(Cl)(Cl)C(C)C2(C)C. The lowest BCUT2D eigenvalue weighted by Crippen LogP contribution is -2.47. The van der Waals surface area contributed by atoms with Gasteiger partial charge in [-0.15, -0.1) is 0 Å². The number of sulfone groups is 1. The molecular formula is C13H20Cl2O3S. The van der Waals surface area contributed by atoms with Gasteiger partial charge in [0, 0.05) is 5.41 Å². The molecule has 3 fully saturated rings. The molecular weight excluding hydrogens is 307 g/mol. The molecule has 0 aromatic heterocycles. The molecule has 3 rings (SSSR count). The fourth-order valence-electron chi connectivity index (χ4n) is 4.74. The van der Waals surface area contributed by atoms with E-state index in [4.69, 9.17) is 27.9 Å². The van der Waals surface area contributed by atoms with Gasteiger partial charge in [-0.05, 0) is 17.8 Å². The number of halogens is 2. The summed E-state index contributed by atoms with van der Waals surface area (Å²) in [6.45, 7) is 8.24. The monoisotopic (exact) mass is 326 g/mol. The summed E-state index contributed by atoms with van der Waals surface area (Å²) in [6.07, 6.45) is 1.68. The molecule has 3 aliphatic rings. The predicted molar refractivity (Wildman–Crippen MR) is 76.1 cm³/mol. The fourth-order valence-corrected chi connectivity index (χ4v) is 8.85. The Labute approximate surface area is 124 Å². The lowest BCUT2D eigenvalue weighted by atomic mass is 9.61. The van der Waals surface area contributed by atoms with E-state index in [1.165, 1.54) is 0 Å². The van der Waals surface area contributed by atoms with Crippen LogP contribution in [0.1, 0.15) is 40.5 Å². The van der Waals surface area contributed by atoms with Crippen LogP contribution >= 0.6 is 23.2 Å². The molecule has 0 bridgehead atoms. The number of ether oxygens (including phenoxy) is 1. The van der Waals surface area contributed by atoms with E-state index in [1.807, 2.05) is 6.92 Å². The number of hydrogen-bond acceptors (Lipinski definition) is 3. The van der Waals surface area contributed by atoms with Gasteiger partial charge in [0.05, 0.1) is 5.75 Å². The maximum absolute atomic E-state index is 12.3. The third-order valence-corrected chi connectivity index (χ3v) is 9.28. The smallest absolute Gasteiger partial charge is 0.192 e. The Bertz CT molecular complexity index is 542. The molecule has 2 saturated heterocycles. The van der Waals surface area contributed by atoms with Crippen molar-refractivity contribution in [3.63, 3.8) is 0 Å². The highest BCUT2D eigenvalue weighted by molar-refractivity contribution is 7.92. The van der Waals surface area contributed by atoms with Crippen LogP contribution in [0.25, 0.3) is 0 Å². The maximum Gasteiger partial charge on any atom is 0.192 e. The second-order valence-electron chi connectivity index (χ2n) is 6.89. The van der Waals surface area contributed by atoms with E-state index in [1.54, 1.807) is 0 Å². The normalized spacial score (nSPS) is 51.7. The van der Waals surface area contributed by atoms with Gasteiger partial charge in [0.1, 0.15) is 0 Å². The lowest BCUT2D eigenvalue weighted by molar-refractivity contribution is 0.0348. The summed E-state index contributed by atoms with van der Waals surface area (Å²) in [5.74, 6) is 0.132. The van der Waals surface area contributed by atoms with Gasteiger partial charge >= 0.3 is 0 Å². The zero-order chi connectivity index (χ0) is 14.5. The zero-order valence-electron chi connectivity index (χ0n) is 11.7. The first-order valence-corrected chi connectivity index (χ1v) is 9.25. The van der Waals surface area contributed by atoms with Crippen LogP contribution in [0.2, 0.25) is 0 Å². The number of epoxide rings is 1. The molecule has 0 radical (unpaired) electrons. The Hall–Kier alpha value is 0.490. The van der Waals surface area contributed by atoms with Gasteiger partial charge in [0.15, 0.2) is 25.2 Å². The molecule has 6 heteroatoms. The Morgan fingerprint density at radius 1 is 1.32 bits per heavy atom. The van der Waals surface area contributed by atoms with Crippen LogP contribution in [0.5, 0.6) is 0 Å². The third kappa shape index (κ3) is 1.21. The lowest BCUT2D eigenvalue weighted by Gasteiger charge is -2.42. The molecule has 2 heterocycles. The molecule has 0 N–H and O–H groups in total. The molecule has 1 aliphatic carbocycles. The average Bonchev–Trinajstić information content (AvgIpc) is 2.98. The first-order chi connectivity index (χ1) is 8.51. The minimum absolute atomic E-state index is 0.0182. The second kappa shape index (κ2) is 3.45. The van der Waals surface area contributed by atoms with Crippen LogP contribution in [0.15, 0.2) is 0 Å². The van der Waals surface area contributed by atoms with Gasteiger partial charge in [0.25, 0.3) is 0 Å². The molecule has 110 valence electrons. The van der Waals surface area contributed by atoms with Crippen molar-refractivity contribution in [3.8, 4) is 0 Å². The van der Waals surface area contributed by atoms with Crippen LogP contribution in [-0.4, -0.2) is 29.5 Å². The summed E-state index contributed by atoms with van der Waals surface area (Å²) in [4.78, 5) is 0. The molecule has 1 spiro atoms. The van der Waals surface area contributed by atoms with Crippen molar-refractivity contribution in [1.82, 2.24) is 0 Å². The van der Waals surface area contributed by atoms with E-state index >= 15 is 0 Å². The number of hydrogen-bond donors (Lipinski definition) is 0. The van der Waals surface area contributed by atoms with Crippen LogP contribution in [0, 0.1) is 16.7 Å². The van der Waals surface area contributed by atoms with Gasteiger partial charge in [-0.25, -0.2) is 8.42 Å². The summed E-state index contributed by atoms with van der Waals surface area (Å²) in [5.41, 5.74) is -2.45. The van der Waals surface area contributed by atoms with Crippen molar-refractivity contribution < 1.29 is 13.2 Å². The largest absolute Gasteiger partial charge is 0.345 e. The molecule has 3 nitrogen and oxygen atoms in total. The Balaban J connectivity index is 2.27. The quantitative estimate of drug-likeness (QED) is 0.578. The highest BCUT2D eigenvalue weighted by atomic mass is 35.5. The molecule has 2 unspecified atom stereocenters. The van der Waals surface area contributed by atoms with Crippen molar-refractivity contribution in [2.24, 2.45) is 16.7 Å². The Morgan fingerprint density at radius 3 is 2.37 bits per heavy atom. The van der Waals surface area contributed by atoms with Gasteiger partial charge in [0.2, 0.25) is 0 Å². The molecule has 4 atom stereocenters. The van der Waals surface area contributed by atoms with E-state index in [0.717, 1.165) is 12.8 Å². The minimum Gasteiger partial charge on any atom is -0.345 e. The van der Waals surface area contributed by atoms with Crippen molar-refractivity contribution >= 4 is 33.0 Å². The average molecular weight is 327 g/mol. The van der Waals surface area contributed by atoms with Gasteiger partial charge in [-0.2, -0.15) is 0 Å². The molecule has 1 saturated carbocycles. The fraction of sp³-hybridized carbons (Fsp3) is 1.00.